The van der Waals surface area contributed by atoms with Crippen molar-refractivity contribution in [2.24, 2.45) is 0 Å². The molecule has 0 spiro atoms. The molecular formula is C14H17ClN2O3S. The van der Waals surface area contributed by atoms with Crippen LogP contribution in [-0.2, 0) is 16.6 Å². The molecule has 0 unspecified atom stereocenters. The van der Waals surface area contributed by atoms with Crippen molar-refractivity contribution >= 4 is 27.3 Å². The number of hydrogen-bond donors (Lipinski definition) is 1. The average molecular weight is 329 g/mol. The van der Waals surface area contributed by atoms with Gasteiger partial charge in [-0.1, -0.05) is 11.6 Å². The third-order valence-corrected chi connectivity index (χ3v) is 5.60. The minimum atomic E-state index is -3.67. The summed E-state index contributed by atoms with van der Waals surface area (Å²) >= 11 is 6.02. The van der Waals surface area contributed by atoms with Crippen LogP contribution in [0.4, 0.5) is 5.69 Å². The normalized spacial score (nSPS) is 12.0. The molecule has 0 fully saturated rings. The number of rotatable bonds is 4. The van der Waals surface area contributed by atoms with E-state index in [1.165, 1.54) is 29.7 Å². The zero-order chi connectivity index (χ0) is 15.8. The largest absolute Gasteiger partial charge is 0.469 e. The maximum Gasteiger partial charge on any atom is 0.243 e. The van der Waals surface area contributed by atoms with Crippen molar-refractivity contribution in [3.8, 4) is 0 Å². The molecule has 0 saturated heterocycles. The fourth-order valence-electron chi connectivity index (χ4n) is 1.90. The van der Waals surface area contributed by atoms with Crippen molar-refractivity contribution in [1.82, 2.24) is 4.31 Å². The molecule has 21 heavy (non-hydrogen) atoms. The minimum Gasteiger partial charge on any atom is -0.469 e. The Balaban J connectivity index is 2.35. The van der Waals surface area contributed by atoms with Crippen LogP contribution in [0, 0.1) is 13.8 Å². The highest BCUT2D eigenvalue weighted by Crippen LogP contribution is 2.28. The number of nitrogens with zero attached hydrogens (tertiary/aromatic N) is 1. The molecule has 2 aromatic rings. The Hall–Kier alpha value is -1.50. The number of sulfonamides is 1. The van der Waals surface area contributed by atoms with Gasteiger partial charge in [0, 0.05) is 29.9 Å². The number of anilines is 1. The van der Waals surface area contributed by atoms with E-state index in [2.05, 4.69) is 0 Å². The molecule has 0 atom stereocenters. The molecule has 2 N–H and O–H groups in total. The Morgan fingerprint density at radius 2 is 2.00 bits per heavy atom. The van der Waals surface area contributed by atoms with Crippen LogP contribution in [0.5, 0.6) is 0 Å². The van der Waals surface area contributed by atoms with E-state index in [4.69, 9.17) is 21.8 Å². The maximum atomic E-state index is 12.6. The van der Waals surface area contributed by atoms with Crippen LogP contribution in [0.2, 0.25) is 5.02 Å². The summed E-state index contributed by atoms with van der Waals surface area (Å²) in [5.74, 6) is 0.693. The molecule has 1 aromatic heterocycles. The van der Waals surface area contributed by atoms with Gasteiger partial charge in [-0.25, -0.2) is 8.42 Å². The van der Waals surface area contributed by atoms with Crippen molar-refractivity contribution in [1.29, 1.82) is 0 Å². The van der Waals surface area contributed by atoms with Gasteiger partial charge in [0.05, 0.1) is 11.2 Å². The second kappa shape index (κ2) is 5.71. The summed E-state index contributed by atoms with van der Waals surface area (Å²) in [6.07, 6.45) is 1.53. The van der Waals surface area contributed by atoms with Crippen molar-refractivity contribution < 1.29 is 12.8 Å². The Labute approximate surface area is 129 Å². The highest BCUT2D eigenvalue weighted by molar-refractivity contribution is 7.89. The second-order valence-corrected chi connectivity index (χ2v) is 7.33. The number of furan rings is 1. The first-order valence-corrected chi connectivity index (χ1v) is 8.10. The Bertz CT molecular complexity index is 745. The number of nitrogen functional groups attached to an aromatic ring is 1. The van der Waals surface area contributed by atoms with E-state index < -0.39 is 10.0 Å². The lowest BCUT2D eigenvalue weighted by atomic mass is 10.2. The highest BCUT2D eigenvalue weighted by atomic mass is 35.5. The lowest BCUT2D eigenvalue weighted by Crippen LogP contribution is -2.26. The van der Waals surface area contributed by atoms with Gasteiger partial charge >= 0.3 is 0 Å². The van der Waals surface area contributed by atoms with E-state index in [1.807, 2.05) is 0 Å². The summed E-state index contributed by atoms with van der Waals surface area (Å²) in [6.45, 7) is 3.75. The molecule has 0 aliphatic rings. The summed E-state index contributed by atoms with van der Waals surface area (Å²) in [5, 5.41) is 0.335. The van der Waals surface area contributed by atoms with Crippen molar-refractivity contribution in [3.63, 3.8) is 0 Å². The van der Waals surface area contributed by atoms with E-state index >= 15 is 0 Å². The third-order valence-electron chi connectivity index (χ3n) is 3.43. The average Bonchev–Trinajstić information content (AvgIpc) is 2.80. The molecule has 0 radical (unpaired) electrons. The van der Waals surface area contributed by atoms with E-state index in [-0.39, 0.29) is 11.4 Å². The SMILES string of the molecule is Cc1occc1CN(C)S(=O)(=O)c1cc(N)c(C)c(Cl)c1. The van der Waals surface area contributed by atoms with Gasteiger partial charge in [-0.2, -0.15) is 4.31 Å². The quantitative estimate of drug-likeness (QED) is 0.875. The van der Waals surface area contributed by atoms with Gasteiger partial charge in [0.2, 0.25) is 10.0 Å². The van der Waals surface area contributed by atoms with Gasteiger partial charge in [-0.15, -0.1) is 0 Å². The molecule has 5 nitrogen and oxygen atoms in total. The number of aryl methyl sites for hydroxylation is 1. The van der Waals surface area contributed by atoms with Gasteiger partial charge in [0.25, 0.3) is 0 Å². The summed E-state index contributed by atoms with van der Waals surface area (Å²) in [7, 11) is -2.16. The molecule has 0 bridgehead atoms. The van der Waals surface area contributed by atoms with Crippen LogP contribution in [0.1, 0.15) is 16.9 Å². The van der Waals surface area contributed by atoms with Crippen LogP contribution >= 0.6 is 11.6 Å². The molecule has 2 rings (SSSR count). The first-order valence-electron chi connectivity index (χ1n) is 6.28. The molecule has 0 saturated carbocycles. The van der Waals surface area contributed by atoms with Crippen LogP contribution in [0.15, 0.2) is 33.8 Å². The first kappa shape index (κ1) is 15.9. The summed E-state index contributed by atoms with van der Waals surface area (Å²) in [5.41, 5.74) is 7.63. The van der Waals surface area contributed by atoms with Crippen LogP contribution in [-0.4, -0.2) is 19.8 Å². The molecular weight excluding hydrogens is 312 g/mol. The van der Waals surface area contributed by atoms with Gasteiger partial charge in [0.15, 0.2) is 0 Å². The van der Waals surface area contributed by atoms with Crippen molar-refractivity contribution in [2.45, 2.75) is 25.3 Å². The standard InChI is InChI=1S/C14H17ClN2O3S/c1-9-13(15)6-12(7-14(9)16)21(18,19)17(3)8-11-4-5-20-10(11)2/h4-7H,8,16H2,1-3H3. The van der Waals surface area contributed by atoms with Gasteiger partial charge < -0.3 is 10.2 Å². The predicted octanol–water partition coefficient (Wildman–Crippen LogP) is 2.95. The molecule has 114 valence electrons. The lowest BCUT2D eigenvalue weighted by Gasteiger charge is -2.18. The zero-order valence-electron chi connectivity index (χ0n) is 12.1. The topological polar surface area (TPSA) is 76.5 Å². The summed E-state index contributed by atoms with van der Waals surface area (Å²) in [4.78, 5) is 0.0826. The zero-order valence-corrected chi connectivity index (χ0v) is 13.6. The molecule has 0 aliphatic heterocycles. The molecule has 1 aromatic carbocycles. The van der Waals surface area contributed by atoms with E-state index in [9.17, 15) is 8.42 Å². The number of halogens is 1. The van der Waals surface area contributed by atoms with Gasteiger partial charge in [0.1, 0.15) is 5.76 Å². The fraction of sp³-hybridized carbons (Fsp3) is 0.286. The number of hydrogen-bond acceptors (Lipinski definition) is 4. The van der Waals surface area contributed by atoms with Crippen LogP contribution < -0.4 is 5.73 Å². The molecule has 0 amide bonds. The second-order valence-electron chi connectivity index (χ2n) is 4.88. The van der Waals surface area contributed by atoms with Gasteiger partial charge in [-0.05, 0) is 37.6 Å². The Morgan fingerprint density at radius 1 is 1.33 bits per heavy atom. The van der Waals surface area contributed by atoms with Crippen LogP contribution in [0.3, 0.4) is 0 Å². The molecule has 0 aliphatic carbocycles. The van der Waals surface area contributed by atoms with Crippen molar-refractivity contribution in [3.05, 3.63) is 46.4 Å². The maximum absolute atomic E-state index is 12.6. The highest BCUT2D eigenvalue weighted by Gasteiger charge is 2.23. The summed E-state index contributed by atoms with van der Waals surface area (Å²) < 4.78 is 31.5. The Morgan fingerprint density at radius 3 is 2.52 bits per heavy atom. The van der Waals surface area contributed by atoms with E-state index in [0.717, 1.165) is 5.56 Å². The predicted molar refractivity (Wildman–Crippen MR) is 82.7 cm³/mol. The summed E-state index contributed by atoms with van der Waals surface area (Å²) in [6, 6.07) is 4.59. The monoisotopic (exact) mass is 328 g/mol. The van der Waals surface area contributed by atoms with Crippen LogP contribution in [0.25, 0.3) is 0 Å². The number of benzene rings is 1. The van der Waals surface area contributed by atoms with Gasteiger partial charge in [-0.3, -0.25) is 0 Å². The number of nitrogens with two attached hydrogens (primary N) is 1. The first-order chi connectivity index (χ1) is 9.73. The van der Waals surface area contributed by atoms with E-state index in [1.54, 1.807) is 19.9 Å². The smallest absolute Gasteiger partial charge is 0.243 e. The van der Waals surface area contributed by atoms with E-state index in [0.29, 0.717) is 22.0 Å². The molecule has 7 heteroatoms. The fourth-order valence-corrected chi connectivity index (χ4v) is 3.41. The van der Waals surface area contributed by atoms with Crippen molar-refractivity contribution in [2.75, 3.05) is 12.8 Å². The Kier molecular flexibility index (Phi) is 4.32. The lowest BCUT2D eigenvalue weighted by molar-refractivity contribution is 0.459. The minimum absolute atomic E-state index is 0.0826. The molecule has 1 heterocycles. The third kappa shape index (κ3) is 3.07.